The number of ketones is 1. The van der Waals surface area contributed by atoms with Crippen molar-refractivity contribution < 1.29 is 4.79 Å². The summed E-state index contributed by atoms with van der Waals surface area (Å²) in [4.78, 5) is 12.0. The Balaban J connectivity index is 2.55. The monoisotopic (exact) mass is 216 g/mol. The first-order valence-corrected chi connectivity index (χ1v) is 6.15. The third kappa shape index (κ3) is 1.68. The van der Waals surface area contributed by atoms with Crippen LogP contribution in [0.1, 0.15) is 49.3 Å². The average molecular weight is 216 g/mol. The Morgan fingerprint density at radius 3 is 2.38 bits per heavy atom. The fraction of sp³-hybridized carbons (Fsp3) is 0.533. The van der Waals surface area contributed by atoms with Gasteiger partial charge in [-0.1, -0.05) is 36.6 Å². The van der Waals surface area contributed by atoms with Crippen molar-refractivity contribution in [2.75, 3.05) is 0 Å². The van der Waals surface area contributed by atoms with Gasteiger partial charge in [0, 0.05) is 0 Å². The van der Waals surface area contributed by atoms with E-state index < -0.39 is 0 Å². The van der Waals surface area contributed by atoms with Gasteiger partial charge in [-0.2, -0.15) is 0 Å². The SMILES string of the molecule is CC(=O)C1(c2cc(C)ccc2C)CCCC1. The molecule has 0 heterocycles. The van der Waals surface area contributed by atoms with Crippen molar-refractivity contribution in [2.24, 2.45) is 0 Å². The van der Waals surface area contributed by atoms with Crippen LogP contribution < -0.4 is 0 Å². The molecule has 0 aliphatic heterocycles. The van der Waals surface area contributed by atoms with Crippen LogP contribution >= 0.6 is 0 Å². The second kappa shape index (κ2) is 4.04. The van der Waals surface area contributed by atoms with Gasteiger partial charge in [0.2, 0.25) is 0 Å². The van der Waals surface area contributed by atoms with Crippen LogP contribution in [0.4, 0.5) is 0 Å². The summed E-state index contributed by atoms with van der Waals surface area (Å²) in [5, 5.41) is 0. The maximum Gasteiger partial charge on any atom is 0.140 e. The van der Waals surface area contributed by atoms with Crippen molar-refractivity contribution in [3.8, 4) is 0 Å². The Morgan fingerprint density at radius 1 is 1.19 bits per heavy atom. The quantitative estimate of drug-likeness (QED) is 0.736. The highest BCUT2D eigenvalue weighted by molar-refractivity contribution is 5.88. The lowest BCUT2D eigenvalue weighted by atomic mass is 9.73. The standard InChI is InChI=1S/C15H20O/c1-11-6-7-12(2)14(10-11)15(13(3)16)8-4-5-9-15/h6-7,10H,4-5,8-9H2,1-3H3. The van der Waals surface area contributed by atoms with Gasteiger partial charge in [0.1, 0.15) is 5.78 Å². The Labute approximate surface area is 97.9 Å². The van der Waals surface area contributed by atoms with E-state index in [0.29, 0.717) is 5.78 Å². The molecule has 1 fully saturated rings. The predicted molar refractivity (Wildman–Crippen MR) is 66.7 cm³/mol. The van der Waals surface area contributed by atoms with Crippen LogP contribution in [0.15, 0.2) is 18.2 Å². The molecule has 0 amide bonds. The van der Waals surface area contributed by atoms with Gasteiger partial charge in [-0.3, -0.25) is 4.79 Å². The first-order valence-electron chi connectivity index (χ1n) is 6.15. The molecule has 1 nitrogen and oxygen atoms in total. The van der Waals surface area contributed by atoms with Crippen molar-refractivity contribution in [1.29, 1.82) is 0 Å². The molecule has 86 valence electrons. The number of aryl methyl sites for hydroxylation is 2. The van der Waals surface area contributed by atoms with E-state index in [9.17, 15) is 4.79 Å². The van der Waals surface area contributed by atoms with Gasteiger partial charge in [0.25, 0.3) is 0 Å². The summed E-state index contributed by atoms with van der Waals surface area (Å²) in [5.41, 5.74) is 3.63. The first-order chi connectivity index (χ1) is 7.56. The van der Waals surface area contributed by atoms with Crippen LogP contribution in [0, 0.1) is 13.8 Å². The number of rotatable bonds is 2. The van der Waals surface area contributed by atoms with Crippen LogP contribution in [0.2, 0.25) is 0 Å². The molecule has 1 saturated carbocycles. The van der Waals surface area contributed by atoms with E-state index in [1.165, 1.54) is 29.5 Å². The smallest absolute Gasteiger partial charge is 0.140 e. The van der Waals surface area contributed by atoms with Crippen LogP contribution in [-0.2, 0) is 10.2 Å². The minimum absolute atomic E-state index is 0.171. The topological polar surface area (TPSA) is 17.1 Å². The van der Waals surface area contributed by atoms with Gasteiger partial charge in [-0.15, -0.1) is 0 Å². The first kappa shape index (κ1) is 11.4. The number of carbonyl (C=O) groups is 1. The summed E-state index contributed by atoms with van der Waals surface area (Å²) in [6.07, 6.45) is 4.44. The normalized spacial score (nSPS) is 18.7. The van der Waals surface area contributed by atoms with E-state index in [-0.39, 0.29) is 5.41 Å². The van der Waals surface area contributed by atoms with Crippen molar-refractivity contribution in [3.63, 3.8) is 0 Å². The summed E-state index contributed by atoms with van der Waals surface area (Å²) >= 11 is 0. The number of benzene rings is 1. The van der Waals surface area contributed by atoms with Crippen molar-refractivity contribution in [1.82, 2.24) is 0 Å². The summed E-state index contributed by atoms with van der Waals surface area (Å²) in [7, 11) is 0. The predicted octanol–water partition coefficient (Wildman–Crippen LogP) is 3.70. The molecule has 0 bridgehead atoms. The number of hydrogen-bond acceptors (Lipinski definition) is 1. The molecule has 0 radical (unpaired) electrons. The number of Topliss-reactive ketones (excluding diaryl/α,β-unsaturated/α-hetero) is 1. The zero-order valence-corrected chi connectivity index (χ0v) is 10.5. The van der Waals surface area contributed by atoms with Gasteiger partial charge in [-0.05, 0) is 44.7 Å². The molecule has 0 atom stereocenters. The minimum Gasteiger partial charge on any atom is -0.299 e. The van der Waals surface area contributed by atoms with E-state index in [1.54, 1.807) is 6.92 Å². The van der Waals surface area contributed by atoms with Crippen LogP contribution in [0.25, 0.3) is 0 Å². The molecule has 2 rings (SSSR count). The molecule has 1 aliphatic carbocycles. The van der Waals surface area contributed by atoms with Gasteiger partial charge in [0.05, 0.1) is 5.41 Å². The molecular formula is C15H20O. The fourth-order valence-corrected chi connectivity index (χ4v) is 3.04. The Morgan fingerprint density at radius 2 is 1.81 bits per heavy atom. The Kier molecular flexibility index (Phi) is 2.88. The molecule has 1 aromatic carbocycles. The van der Waals surface area contributed by atoms with E-state index >= 15 is 0 Å². The lowest BCUT2D eigenvalue weighted by Gasteiger charge is -2.28. The zero-order valence-electron chi connectivity index (χ0n) is 10.5. The molecule has 1 aromatic rings. The lowest BCUT2D eigenvalue weighted by Crippen LogP contribution is -2.31. The average Bonchev–Trinajstić information content (AvgIpc) is 2.71. The van der Waals surface area contributed by atoms with E-state index in [1.807, 2.05) is 0 Å². The molecule has 1 aliphatic rings. The van der Waals surface area contributed by atoms with Gasteiger partial charge >= 0.3 is 0 Å². The minimum atomic E-state index is -0.171. The molecule has 0 saturated heterocycles. The molecule has 1 heteroatoms. The summed E-state index contributed by atoms with van der Waals surface area (Å²) in [6, 6.07) is 6.48. The second-order valence-electron chi connectivity index (χ2n) is 5.16. The highest BCUT2D eigenvalue weighted by Crippen LogP contribution is 2.43. The summed E-state index contributed by atoms with van der Waals surface area (Å²) in [5.74, 6) is 0.346. The van der Waals surface area contributed by atoms with E-state index in [2.05, 4.69) is 32.0 Å². The summed E-state index contributed by atoms with van der Waals surface area (Å²) in [6.45, 7) is 5.98. The molecule has 0 aromatic heterocycles. The molecule has 16 heavy (non-hydrogen) atoms. The third-order valence-corrected chi connectivity index (χ3v) is 4.04. The zero-order chi connectivity index (χ0) is 11.8. The molecule has 0 spiro atoms. The Bertz CT molecular complexity index is 411. The maximum absolute atomic E-state index is 12.0. The highest BCUT2D eigenvalue weighted by atomic mass is 16.1. The van der Waals surface area contributed by atoms with Crippen molar-refractivity contribution >= 4 is 5.78 Å². The Hall–Kier alpha value is -1.11. The number of carbonyl (C=O) groups excluding carboxylic acids is 1. The third-order valence-electron chi connectivity index (χ3n) is 4.04. The molecular weight excluding hydrogens is 196 g/mol. The molecule has 0 N–H and O–H groups in total. The fourth-order valence-electron chi connectivity index (χ4n) is 3.04. The summed E-state index contributed by atoms with van der Waals surface area (Å²) < 4.78 is 0. The van der Waals surface area contributed by atoms with Crippen molar-refractivity contribution in [3.05, 3.63) is 34.9 Å². The van der Waals surface area contributed by atoms with E-state index in [4.69, 9.17) is 0 Å². The number of hydrogen-bond donors (Lipinski definition) is 0. The second-order valence-corrected chi connectivity index (χ2v) is 5.16. The largest absolute Gasteiger partial charge is 0.299 e. The van der Waals surface area contributed by atoms with Gasteiger partial charge < -0.3 is 0 Å². The van der Waals surface area contributed by atoms with E-state index in [0.717, 1.165) is 12.8 Å². The van der Waals surface area contributed by atoms with Crippen LogP contribution in [-0.4, -0.2) is 5.78 Å². The van der Waals surface area contributed by atoms with Gasteiger partial charge in [0.15, 0.2) is 0 Å². The van der Waals surface area contributed by atoms with Gasteiger partial charge in [-0.25, -0.2) is 0 Å². The van der Waals surface area contributed by atoms with Crippen molar-refractivity contribution in [2.45, 2.75) is 51.9 Å². The molecule has 0 unspecified atom stereocenters. The highest BCUT2D eigenvalue weighted by Gasteiger charge is 2.40. The maximum atomic E-state index is 12.0. The van der Waals surface area contributed by atoms with Crippen LogP contribution in [0.3, 0.4) is 0 Å². The van der Waals surface area contributed by atoms with Crippen LogP contribution in [0.5, 0.6) is 0 Å². The lowest BCUT2D eigenvalue weighted by molar-refractivity contribution is -0.122.